The maximum atomic E-state index is 14.7. The van der Waals surface area contributed by atoms with Gasteiger partial charge in [0.2, 0.25) is 0 Å². The first-order chi connectivity index (χ1) is 13.3. The molecular formula is C19H15ClFN5OS. The lowest BCUT2D eigenvalue weighted by atomic mass is 9.85. The van der Waals surface area contributed by atoms with Crippen LogP contribution >= 0.6 is 23.4 Å². The Morgan fingerprint density at radius 1 is 1.46 bits per heavy atom. The summed E-state index contributed by atoms with van der Waals surface area (Å²) in [5.41, 5.74) is 5.83. The smallest absolute Gasteiger partial charge is 0.274 e. The summed E-state index contributed by atoms with van der Waals surface area (Å²) in [6, 6.07) is 9.63. The molecular weight excluding hydrogens is 401 g/mol. The van der Waals surface area contributed by atoms with Crippen molar-refractivity contribution in [2.24, 2.45) is 16.6 Å². The van der Waals surface area contributed by atoms with E-state index < -0.39 is 22.0 Å². The quantitative estimate of drug-likeness (QED) is 0.795. The number of hydrogen-bond donors (Lipinski definition) is 2. The average molecular weight is 416 g/mol. The van der Waals surface area contributed by atoms with Crippen molar-refractivity contribution in [2.45, 2.75) is 23.6 Å². The molecule has 0 saturated heterocycles. The fraction of sp³-hybridized carbons (Fsp3) is 0.263. The molecule has 3 atom stereocenters. The molecule has 2 aliphatic rings. The van der Waals surface area contributed by atoms with Gasteiger partial charge >= 0.3 is 0 Å². The highest BCUT2D eigenvalue weighted by Gasteiger charge is 2.67. The zero-order valence-corrected chi connectivity index (χ0v) is 16.3. The second kappa shape index (κ2) is 6.47. The fourth-order valence-corrected chi connectivity index (χ4v) is 5.00. The Balaban J connectivity index is 1.67. The third-order valence-electron chi connectivity index (χ3n) is 5.14. The van der Waals surface area contributed by atoms with E-state index in [-0.39, 0.29) is 16.8 Å². The monoisotopic (exact) mass is 415 g/mol. The van der Waals surface area contributed by atoms with Crippen LogP contribution in [-0.2, 0) is 5.54 Å². The van der Waals surface area contributed by atoms with E-state index in [1.165, 1.54) is 42.2 Å². The SMILES string of the molecule is C[C@@]1(c2cc(NC(=O)c3ccc(Cl)cn3)ccc2F)N=C(N)S[C@@]2(C#N)C[C@@H]12. The Morgan fingerprint density at radius 3 is 2.93 bits per heavy atom. The molecule has 0 unspecified atom stereocenters. The van der Waals surface area contributed by atoms with Crippen LogP contribution < -0.4 is 11.1 Å². The molecule has 1 aromatic carbocycles. The van der Waals surface area contributed by atoms with Gasteiger partial charge in [0.15, 0.2) is 5.17 Å². The second-order valence-corrected chi connectivity index (χ2v) is 8.76. The van der Waals surface area contributed by atoms with Gasteiger partial charge in [-0.1, -0.05) is 23.4 Å². The number of hydrogen-bond acceptors (Lipinski definition) is 6. The molecule has 2 heterocycles. The van der Waals surface area contributed by atoms with E-state index in [0.717, 1.165) is 0 Å². The van der Waals surface area contributed by atoms with Gasteiger partial charge in [0, 0.05) is 23.4 Å². The third kappa shape index (κ3) is 3.01. The van der Waals surface area contributed by atoms with Crippen LogP contribution in [-0.4, -0.2) is 20.8 Å². The lowest BCUT2D eigenvalue weighted by molar-refractivity contribution is 0.102. The van der Waals surface area contributed by atoms with Crippen molar-refractivity contribution in [3.05, 3.63) is 58.6 Å². The largest absolute Gasteiger partial charge is 0.378 e. The molecule has 9 heteroatoms. The number of thioether (sulfide) groups is 1. The molecule has 1 fully saturated rings. The summed E-state index contributed by atoms with van der Waals surface area (Å²) in [6.45, 7) is 1.77. The normalized spacial score (nSPS) is 27.9. The highest BCUT2D eigenvalue weighted by atomic mass is 35.5. The predicted octanol–water partition coefficient (Wildman–Crippen LogP) is 3.69. The molecule has 1 aromatic heterocycles. The lowest BCUT2D eigenvalue weighted by Gasteiger charge is -2.32. The van der Waals surface area contributed by atoms with Crippen molar-refractivity contribution < 1.29 is 9.18 Å². The fourth-order valence-electron chi connectivity index (χ4n) is 3.62. The number of nitriles is 1. The van der Waals surface area contributed by atoms with Gasteiger partial charge in [-0.3, -0.25) is 9.79 Å². The minimum absolute atomic E-state index is 0.152. The Bertz CT molecular complexity index is 1050. The molecule has 142 valence electrons. The number of halogens is 2. The third-order valence-corrected chi connectivity index (χ3v) is 6.57. The van der Waals surface area contributed by atoms with E-state index in [1.807, 2.05) is 0 Å². The van der Waals surface area contributed by atoms with Gasteiger partial charge in [-0.15, -0.1) is 0 Å². The number of carbonyl (C=O) groups is 1. The maximum Gasteiger partial charge on any atom is 0.274 e. The number of carbonyl (C=O) groups excluding carboxylic acids is 1. The molecule has 1 aliphatic carbocycles. The van der Waals surface area contributed by atoms with E-state index in [2.05, 4.69) is 21.4 Å². The standard InChI is InChI=1S/C19H15ClFN5OS/c1-18(15-7-19(15,9-22)28-17(23)26-18)12-6-11(3-4-13(12)21)25-16(27)14-5-2-10(20)8-24-14/h2-6,8,15H,7H2,1H3,(H2,23,26)(H,25,27)/t15-,18-,19+/m0/s1. The number of amidine groups is 1. The maximum absolute atomic E-state index is 14.7. The number of amides is 1. The number of nitrogens with one attached hydrogen (secondary N) is 1. The summed E-state index contributed by atoms with van der Waals surface area (Å²) in [6.07, 6.45) is 1.96. The minimum Gasteiger partial charge on any atom is -0.378 e. The molecule has 0 bridgehead atoms. The van der Waals surface area contributed by atoms with Crippen LogP contribution in [0.2, 0.25) is 5.02 Å². The van der Waals surface area contributed by atoms with Crippen LogP contribution in [0, 0.1) is 23.1 Å². The summed E-state index contributed by atoms with van der Waals surface area (Å²) in [5, 5.41) is 12.9. The minimum atomic E-state index is -0.978. The van der Waals surface area contributed by atoms with E-state index in [0.29, 0.717) is 22.7 Å². The van der Waals surface area contributed by atoms with Crippen LogP contribution in [0.25, 0.3) is 0 Å². The summed E-state index contributed by atoms with van der Waals surface area (Å²) in [4.78, 5) is 20.8. The molecule has 0 radical (unpaired) electrons. The van der Waals surface area contributed by atoms with Crippen molar-refractivity contribution in [2.75, 3.05) is 5.32 Å². The van der Waals surface area contributed by atoms with Gasteiger partial charge in [0.05, 0.1) is 16.6 Å². The summed E-state index contributed by atoms with van der Waals surface area (Å²) < 4.78 is 14.0. The van der Waals surface area contributed by atoms with Gasteiger partial charge in [0.25, 0.3) is 5.91 Å². The van der Waals surface area contributed by atoms with Crippen LogP contribution in [0.5, 0.6) is 0 Å². The molecule has 28 heavy (non-hydrogen) atoms. The number of anilines is 1. The van der Waals surface area contributed by atoms with Crippen molar-refractivity contribution >= 4 is 40.1 Å². The van der Waals surface area contributed by atoms with Crippen molar-refractivity contribution in [1.29, 1.82) is 5.26 Å². The Labute approximate surface area is 170 Å². The summed E-state index contributed by atoms with van der Waals surface area (Å²) >= 11 is 7.02. The molecule has 0 spiro atoms. The van der Waals surface area contributed by atoms with Crippen molar-refractivity contribution in [1.82, 2.24) is 4.98 Å². The highest BCUT2D eigenvalue weighted by Crippen LogP contribution is 2.65. The molecule has 3 N–H and O–H groups in total. The zero-order chi connectivity index (χ0) is 20.1. The van der Waals surface area contributed by atoms with E-state index in [4.69, 9.17) is 17.3 Å². The lowest BCUT2D eigenvalue weighted by Crippen LogP contribution is -2.35. The highest BCUT2D eigenvalue weighted by molar-refractivity contribution is 8.15. The first-order valence-electron chi connectivity index (χ1n) is 8.46. The Morgan fingerprint density at radius 2 is 2.25 bits per heavy atom. The number of nitrogens with zero attached hydrogens (tertiary/aromatic N) is 3. The first-order valence-corrected chi connectivity index (χ1v) is 9.65. The van der Waals surface area contributed by atoms with Gasteiger partial charge < -0.3 is 11.1 Å². The number of benzene rings is 1. The van der Waals surface area contributed by atoms with Gasteiger partial charge in [-0.2, -0.15) is 5.26 Å². The van der Waals surface area contributed by atoms with Crippen LogP contribution in [0.15, 0.2) is 41.5 Å². The zero-order valence-electron chi connectivity index (χ0n) is 14.7. The van der Waals surface area contributed by atoms with Crippen molar-refractivity contribution in [3.63, 3.8) is 0 Å². The number of aromatic nitrogens is 1. The number of nitrogens with two attached hydrogens (primary N) is 1. The number of fused-ring (bicyclic) bond motifs is 1. The van der Waals surface area contributed by atoms with Gasteiger partial charge in [0.1, 0.15) is 16.3 Å². The predicted molar refractivity (Wildman–Crippen MR) is 107 cm³/mol. The number of pyridine rings is 1. The molecule has 1 amide bonds. The molecule has 1 aliphatic heterocycles. The van der Waals surface area contributed by atoms with Gasteiger partial charge in [-0.05, 0) is 43.7 Å². The molecule has 4 rings (SSSR count). The summed E-state index contributed by atoms with van der Waals surface area (Å²) in [5.74, 6) is -1.06. The van der Waals surface area contributed by atoms with Crippen LogP contribution in [0.4, 0.5) is 10.1 Å². The van der Waals surface area contributed by atoms with E-state index in [1.54, 1.807) is 13.0 Å². The van der Waals surface area contributed by atoms with Gasteiger partial charge in [-0.25, -0.2) is 9.37 Å². The van der Waals surface area contributed by atoms with E-state index >= 15 is 0 Å². The Hall–Kier alpha value is -2.63. The second-order valence-electron chi connectivity index (χ2n) is 6.97. The van der Waals surface area contributed by atoms with E-state index in [9.17, 15) is 14.4 Å². The van der Waals surface area contributed by atoms with Crippen LogP contribution in [0.1, 0.15) is 29.4 Å². The average Bonchev–Trinajstić information content (AvgIpc) is 3.39. The van der Waals surface area contributed by atoms with Crippen LogP contribution in [0.3, 0.4) is 0 Å². The number of aliphatic imine (C=N–C) groups is 1. The first kappa shape index (κ1) is 18.7. The summed E-state index contributed by atoms with van der Waals surface area (Å²) in [7, 11) is 0. The molecule has 6 nitrogen and oxygen atoms in total. The molecule has 1 saturated carbocycles. The number of rotatable bonds is 3. The molecule has 2 aromatic rings. The topological polar surface area (TPSA) is 104 Å². The Kier molecular flexibility index (Phi) is 4.32. The van der Waals surface area contributed by atoms with Crippen molar-refractivity contribution in [3.8, 4) is 6.07 Å².